The van der Waals surface area contributed by atoms with Gasteiger partial charge in [-0.2, -0.15) is 0 Å². The van der Waals surface area contributed by atoms with Gasteiger partial charge in [0.2, 0.25) is 0 Å². The van der Waals surface area contributed by atoms with Gasteiger partial charge in [-0.1, -0.05) is 36.4 Å². The number of benzene rings is 2. The van der Waals surface area contributed by atoms with Crippen LogP contribution in [0.2, 0.25) is 0 Å². The first-order valence-electron chi connectivity index (χ1n) is 6.78. The number of nitrogens with zero attached hydrogens (tertiary/aromatic N) is 1. The molecule has 0 bridgehead atoms. The van der Waals surface area contributed by atoms with Gasteiger partial charge in [-0.15, -0.1) is 0 Å². The molecule has 20 heavy (non-hydrogen) atoms. The third kappa shape index (κ3) is 4.15. The minimum atomic E-state index is -0.215. The largest absolute Gasteiger partial charge is 0.292 e. The molecular formula is C17H19BrFN. The Balaban J connectivity index is 2.11. The number of rotatable bonds is 5. The van der Waals surface area contributed by atoms with Gasteiger partial charge in [0.1, 0.15) is 5.82 Å². The Morgan fingerprint density at radius 1 is 1.00 bits per heavy atom. The van der Waals surface area contributed by atoms with Gasteiger partial charge in [0.15, 0.2) is 0 Å². The van der Waals surface area contributed by atoms with E-state index in [-0.39, 0.29) is 5.82 Å². The maximum atomic E-state index is 13.3. The molecule has 0 aliphatic heterocycles. The number of hydrogen-bond donors (Lipinski definition) is 0. The molecule has 0 radical (unpaired) electrons. The van der Waals surface area contributed by atoms with Crippen LogP contribution in [0.4, 0.5) is 4.39 Å². The van der Waals surface area contributed by atoms with E-state index >= 15 is 0 Å². The Kier molecular flexibility index (Phi) is 5.32. The molecule has 106 valence electrons. The molecule has 0 atom stereocenters. The summed E-state index contributed by atoms with van der Waals surface area (Å²) in [5.41, 5.74) is 2.41. The van der Waals surface area contributed by atoms with Gasteiger partial charge in [-0.3, -0.25) is 4.90 Å². The van der Waals surface area contributed by atoms with Crippen LogP contribution < -0.4 is 0 Å². The van der Waals surface area contributed by atoms with Crippen LogP contribution >= 0.6 is 15.9 Å². The van der Waals surface area contributed by atoms with E-state index in [2.05, 4.69) is 58.9 Å². The minimum absolute atomic E-state index is 0.215. The zero-order chi connectivity index (χ0) is 14.5. The van der Waals surface area contributed by atoms with Crippen molar-refractivity contribution in [3.05, 3.63) is 69.9 Å². The molecule has 3 heteroatoms. The summed E-state index contributed by atoms with van der Waals surface area (Å²) in [6.07, 6.45) is 0. The molecule has 0 fully saturated rings. The fourth-order valence-corrected chi connectivity index (χ4v) is 2.54. The highest BCUT2D eigenvalue weighted by molar-refractivity contribution is 9.10. The summed E-state index contributed by atoms with van der Waals surface area (Å²) in [6, 6.07) is 16.1. The summed E-state index contributed by atoms with van der Waals surface area (Å²) >= 11 is 3.25. The van der Waals surface area contributed by atoms with Crippen molar-refractivity contribution in [3.63, 3.8) is 0 Å². The van der Waals surface area contributed by atoms with Crippen molar-refractivity contribution >= 4 is 15.9 Å². The Morgan fingerprint density at radius 3 is 2.25 bits per heavy atom. The highest BCUT2D eigenvalue weighted by Crippen LogP contribution is 2.19. The van der Waals surface area contributed by atoms with Crippen molar-refractivity contribution in [1.29, 1.82) is 0 Å². The summed E-state index contributed by atoms with van der Waals surface area (Å²) in [6.45, 7) is 6.07. The molecular weight excluding hydrogens is 317 g/mol. The average molecular weight is 336 g/mol. The number of hydrogen-bond acceptors (Lipinski definition) is 1. The summed E-state index contributed by atoms with van der Waals surface area (Å²) in [4.78, 5) is 2.37. The highest BCUT2D eigenvalue weighted by Gasteiger charge is 2.11. The van der Waals surface area contributed by atoms with Gasteiger partial charge in [0.25, 0.3) is 0 Å². The monoisotopic (exact) mass is 335 g/mol. The fraction of sp³-hybridized carbons (Fsp3) is 0.294. The van der Waals surface area contributed by atoms with E-state index in [1.54, 1.807) is 0 Å². The molecule has 0 aliphatic carbocycles. The first-order chi connectivity index (χ1) is 9.56. The molecule has 0 spiro atoms. The molecule has 2 aromatic rings. The maximum absolute atomic E-state index is 13.3. The minimum Gasteiger partial charge on any atom is -0.292 e. The zero-order valence-corrected chi connectivity index (χ0v) is 13.4. The lowest BCUT2D eigenvalue weighted by molar-refractivity contribution is 0.203. The van der Waals surface area contributed by atoms with Crippen LogP contribution in [0.15, 0.2) is 53.0 Å². The Morgan fingerprint density at radius 2 is 1.65 bits per heavy atom. The second kappa shape index (κ2) is 7.00. The van der Waals surface area contributed by atoms with Crippen LogP contribution in [-0.4, -0.2) is 10.9 Å². The van der Waals surface area contributed by atoms with Crippen molar-refractivity contribution in [2.45, 2.75) is 33.0 Å². The van der Waals surface area contributed by atoms with Crippen LogP contribution in [0.5, 0.6) is 0 Å². The lowest BCUT2D eigenvalue weighted by atomic mass is 10.1. The summed E-state index contributed by atoms with van der Waals surface area (Å²) < 4.78 is 13.8. The molecule has 0 N–H and O–H groups in total. The van der Waals surface area contributed by atoms with E-state index in [4.69, 9.17) is 0 Å². The smallest absolute Gasteiger partial charge is 0.137 e. The number of halogens is 2. The SMILES string of the molecule is CC(C)N(Cc1ccccc1)Cc1ccc(F)c(Br)c1. The molecule has 0 amide bonds. The standard InChI is InChI=1S/C17H19BrFN/c1-13(2)20(11-14-6-4-3-5-7-14)12-15-8-9-17(19)16(18)10-15/h3-10,13H,11-12H2,1-2H3. The third-order valence-corrected chi connectivity index (χ3v) is 3.94. The molecule has 0 heterocycles. The van der Waals surface area contributed by atoms with Gasteiger partial charge in [-0.25, -0.2) is 4.39 Å². The van der Waals surface area contributed by atoms with Crippen LogP contribution in [0.1, 0.15) is 25.0 Å². The van der Waals surface area contributed by atoms with E-state index in [9.17, 15) is 4.39 Å². The fourth-order valence-electron chi connectivity index (χ4n) is 2.11. The predicted octanol–water partition coefficient (Wildman–Crippen LogP) is 5.00. The molecule has 1 nitrogen and oxygen atoms in total. The maximum Gasteiger partial charge on any atom is 0.137 e. The first-order valence-corrected chi connectivity index (χ1v) is 7.57. The Labute approximate surface area is 128 Å². The normalized spacial score (nSPS) is 11.3. The quantitative estimate of drug-likeness (QED) is 0.743. The van der Waals surface area contributed by atoms with Crippen molar-refractivity contribution in [2.75, 3.05) is 0 Å². The van der Waals surface area contributed by atoms with Crippen LogP contribution in [0.3, 0.4) is 0 Å². The molecule has 0 aromatic heterocycles. The molecule has 0 saturated heterocycles. The Hall–Kier alpha value is -1.19. The highest BCUT2D eigenvalue weighted by atomic mass is 79.9. The summed E-state index contributed by atoms with van der Waals surface area (Å²) in [7, 11) is 0. The molecule has 0 unspecified atom stereocenters. The zero-order valence-electron chi connectivity index (χ0n) is 11.8. The van der Waals surface area contributed by atoms with Gasteiger partial charge in [0.05, 0.1) is 4.47 Å². The summed E-state index contributed by atoms with van der Waals surface area (Å²) in [5.74, 6) is -0.215. The Bertz CT molecular complexity index is 554. The molecule has 2 rings (SSSR count). The van der Waals surface area contributed by atoms with Crippen LogP contribution in [0, 0.1) is 5.82 Å². The lowest BCUT2D eigenvalue weighted by Crippen LogP contribution is -2.29. The van der Waals surface area contributed by atoms with E-state index in [1.165, 1.54) is 11.6 Å². The second-order valence-electron chi connectivity index (χ2n) is 5.23. The molecule has 2 aromatic carbocycles. The van der Waals surface area contributed by atoms with E-state index in [0.717, 1.165) is 18.7 Å². The lowest BCUT2D eigenvalue weighted by Gasteiger charge is -2.26. The molecule has 0 saturated carbocycles. The molecule has 0 aliphatic rings. The van der Waals surface area contributed by atoms with Gasteiger partial charge >= 0.3 is 0 Å². The van der Waals surface area contributed by atoms with E-state index in [0.29, 0.717) is 10.5 Å². The van der Waals surface area contributed by atoms with Crippen molar-refractivity contribution < 1.29 is 4.39 Å². The third-order valence-electron chi connectivity index (χ3n) is 3.33. The first kappa shape index (κ1) is 15.2. The summed E-state index contributed by atoms with van der Waals surface area (Å²) in [5, 5.41) is 0. The van der Waals surface area contributed by atoms with Crippen LogP contribution in [0.25, 0.3) is 0 Å². The van der Waals surface area contributed by atoms with Crippen molar-refractivity contribution in [2.24, 2.45) is 0 Å². The van der Waals surface area contributed by atoms with Gasteiger partial charge in [0, 0.05) is 19.1 Å². The second-order valence-corrected chi connectivity index (χ2v) is 6.09. The van der Waals surface area contributed by atoms with Crippen molar-refractivity contribution in [1.82, 2.24) is 4.90 Å². The van der Waals surface area contributed by atoms with E-state index < -0.39 is 0 Å². The van der Waals surface area contributed by atoms with Crippen LogP contribution in [-0.2, 0) is 13.1 Å². The van der Waals surface area contributed by atoms with Gasteiger partial charge in [-0.05, 0) is 53.0 Å². The predicted molar refractivity (Wildman–Crippen MR) is 84.9 cm³/mol. The van der Waals surface area contributed by atoms with Crippen molar-refractivity contribution in [3.8, 4) is 0 Å². The van der Waals surface area contributed by atoms with Gasteiger partial charge < -0.3 is 0 Å². The topological polar surface area (TPSA) is 3.24 Å². The average Bonchev–Trinajstić information content (AvgIpc) is 2.43. The van der Waals surface area contributed by atoms with E-state index in [1.807, 2.05) is 18.2 Å².